The Morgan fingerprint density at radius 3 is 2.38 bits per heavy atom. The van der Waals surface area contributed by atoms with Gasteiger partial charge in [-0.15, -0.1) is 5.10 Å². The summed E-state index contributed by atoms with van der Waals surface area (Å²) in [6.45, 7) is 0.425. The van der Waals surface area contributed by atoms with Crippen molar-refractivity contribution in [1.82, 2.24) is 30.6 Å². The van der Waals surface area contributed by atoms with Gasteiger partial charge in [-0.05, 0) is 52.8 Å². The van der Waals surface area contributed by atoms with Gasteiger partial charge < -0.3 is 4.90 Å². The van der Waals surface area contributed by atoms with Crippen LogP contribution < -0.4 is 4.90 Å². The van der Waals surface area contributed by atoms with E-state index in [-0.39, 0.29) is 0 Å². The lowest BCUT2D eigenvalue weighted by Gasteiger charge is -2.26. The second-order valence-corrected chi connectivity index (χ2v) is 8.35. The highest BCUT2D eigenvalue weighted by Gasteiger charge is 2.37. The molecule has 0 radical (unpaired) electrons. The maximum atomic E-state index is 13.4. The van der Waals surface area contributed by atoms with Gasteiger partial charge in [-0.2, -0.15) is 13.2 Å². The van der Waals surface area contributed by atoms with Crippen molar-refractivity contribution >= 4 is 5.82 Å². The van der Waals surface area contributed by atoms with Crippen molar-refractivity contribution in [1.29, 1.82) is 0 Å². The second-order valence-electron chi connectivity index (χ2n) is 8.35. The lowest BCUT2D eigenvalue weighted by Crippen LogP contribution is -2.25. The third-order valence-corrected chi connectivity index (χ3v) is 5.99. The number of tetrazole rings is 1. The molecule has 0 bridgehead atoms. The predicted octanol–water partition coefficient (Wildman–Crippen LogP) is 4.86. The first-order chi connectivity index (χ1) is 16.4. The SMILES string of the molecule is CN(Cc1ccc(-c2ccccc2-c2nnn[nH]2)cc1)c1nc(C(F)(F)F)nc2c1CCCC2. The van der Waals surface area contributed by atoms with E-state index in [1.807, 2.05) is 48.5 Å². The Bertz CT molecular complexity index is 1290. The zero-order valence-electron chi connectivity index (χ0n) is 18.5. The number of aryl methyl sites for hydroxylation is 1. The molecule has 5 rings (SSSR count). The molecule has 2 heterocycles. The summed E-state index contributed by atoms with van der Waals surface area (Å²) >= 11 is 0. The van der Waals surface area contributed by atoms with E-state index in [1.165, 1.54) is 0 Å². The molecule has 2 aromatic heterocycles. The smallest absolute Gasteiger partial charge is 0.355 e. The van der Waals surface area contributed by atoms with Crippen LogP contribution in [-0.4, -0.2) is 37.6 Å². The van der Waals surface area contributed by atoms with Gasteiger partial charge in [0.15, 0.2) is 5.82 Å². The van der Waals surface area contributed by atoms with Crippen LogP contribution in [0.2, 0.25) is 0 Å². The van der Waals surface area contributed by atoms with E-state index in [4.69, 9.17) is 0 Å². The molecule has 174 valence electrons. The first-order valence-corrected chi connectivity index (χ1v) is 11.0. The summed E-state index contributed by atoms with van der Waals surface area (Å²) in [6, 6.07) is 15.7. The molecule has 0 spiro atoms. The van der Waals surface area contributed by atoms with Gasteiger partial charge in [-0.25, -0.2) is 15.1 Å². The summed E-state index contributed by atoms with van der Waals surface area (Å²) in [5, 5.41) is 14.1. The average Bonchev–Trinajstić information content (AvgIpc) is 3.38. The molecule has 34 heavy (non-hydrogen) atoms. The number of nitrogens with zero attached hydrogens (tertiary/aromatic N) is 6. The number of aromatic nitrogens is 6. The van der Waals surface area contributed by atoms with Gasteiger partial charge in [-0.3, -0.25) is 0 Å². The highest BCUT2D eigenvalue weighted by molar-refractivity contribution is 5.80. The molecular formula is C24H22F3N7. The molecule has 0 atom stereocenters. The number of anilines is 1. The highest BCUT2D eigenvalue weighted by Crippen LogP contribution is 2.34. The monoisotopic (exact) mass is 465 g/mol. The third kappa shape index (κ3) is 4.35. The number of halogens is 3. The Kier molecular flexibility index (Phi) is 5.72. The van der Waals surface area contributed by atoms with Crippen molar-refractivity contribution < 1.29 is 13.2 Å². The fourth-order valence-corrected chi connectivity index (χ4v) is 4.37. The van der Waals surface area contributed by atoms with Crippen molar-refractivity contribution in [3.63, 3.8) is 0 Å². The van der Waals surface area contributed by atoms with Crippen LogP contribution in [0.3, 0.4) is 0 Å². The lowest BCUT2D eigenvalue weighted by atomic mass is 9.95. The van der Waals surface area contributed by atoms with Crippen LogP contribution in [0.15, 0.2) is 48.5 Å². The van der Waals surface area contributed by atoms with Gasteiger partial charge in [0.05, 0.1) is 0 Å². The molecule has 4 aromatic rings. The van der Waals surface area contributed by atoms with Crippen molar-refractivity contribution in [2.45, 2.75) is 38.4 Å². The van der Waals surface area contributed by atoms with Crippen LogP contribution >= 0.6 is 0 Å². The van der Waals surface area contributed by atoms with Crippen molar-refractivity contribution in [3.8, 4) is 22.5 Å². The number of hydrogen-bond acceptors (Lipinski definition) is 6. The molecule has 0 saturated carbocycles. The van der Waals surface area contributed by atoms with Gasteiger partial charge in [-0.1, -0.05) is 48.5 Å². The molecule has 0 unspecified atom stereocenters. The van der Waals surface area contributed by atoms with Gasteiger partial charge in [0.1, 0.15) is 5.82 Å². The molecule has 1 N–H and O–H groups in total. The Morgan fingerprint density at radius 2 is 1.68 bits per heavy atom. The summed E-state index contributed by atoms with van der Waals surface area (Å²) in [7, 11) is 1.78. The van der Waals surface area contributed by atoms with Gasteiger partial charge in [0.25, 0.3) is 0 Å². The lowest BCUT2D eigenvalue weighted by molar-refractivity contribution is -0.145. The largest absolute Gasteiger partial charge is 0.451 e. The van der Waals surface area contributed by atoms with Crippen LogP contribution in [0, 0.1) is 0 Å². The molecule has 10 heteroatoms. The normalized spacial score (nSPS) is 13.5. The van der Waals surface area contributed by atoms with Crippen molar-refractivity contribution in [2.75, 3.05) is 11.9 Å². The Morgan fingerprint density at radius 1 is 0.941 bits per heavy atom. The molecule has 1 aliphatic rings. The van der Waals surface area contributed by atoms with Crippen LogP contribution in [0.5, 0.6) is 0 Å². The second kappa shape index (κ2) is 8.85. The van der Waals surface area contributed by atoms with E-state index in [0.717, 1.165) is 40.7 Å². The molecule has 0 amide bonds. The number of H-pyrrole nitrogens is 1. The molecule has 0 fully saturated rings. The molecule has 1 aliphatic carbocycles. The number of aromatic amines is 1. The quantitative estimate of drug-likeness (QED) is 0.453. The molecular weight excluding hydrogens is 443 g/mol. The van der Waals surface area contributed by atoms with Crippen LogP contribution in [0.4, 0.5) is 19.0 Å². The Balaban J connectivity index is 1.42. The molecule has 0 saturated heterocycles. The average molecular weight is 465 g/mol. The first kappa shape index (κ1) is 22.0. The van der Waals surface area contributed by atoms with Crippen LogP contribution in [0.1, 0.15) is 35.5 Å². The van der Waals surface area contributed by atoms with E-state index < -0.39 is 12.0 Å². The highest BCUT2D eigenvalue weighted by atomic mass is 19.4. The van der Waals surface area contributed by atoms with E-state index in [2.05, 4.69) is 30.6 Å². The summed E-state index contributed by atoms with van der Waals surface area (Å²) < 4.78 is 40.2. The maximum Gasteiger partial charge on any atom is 0.451 e. The topological polar surface area (TPSA) is 83.5 Å². The number of alkyl halides is 3. The minimum Gasteiger partial charge on any atom is -0.355 e. The Labute approximate surface area is 194 Å². The van der Waals surface area contributed by atoms with E-state index >= 15 is 0 Å². The minimum atomic E-state index is -4.57. The molecule has 0 aliphatic heterocycles. The predicted molar refractivity (Wildman–Crippen MR) is 121 cm³/mol. The molecule has 7 nitrogen and oxygen atoms in total. The summed E-state index contributed by atoms with van der Waals surface area (Å²) in [5.41, 5.74) is 5.14. The zero-order valence-corrected chi connectivity index (χ0v) is 18.5. The van der Waals surface area contributed by atoms with E-state index in [0.29, 0.717) is 36.7 Å². The van der Waals surface area contributed by atoms with Gasteiger partial charge >= 0.3 is 6.18 Å². The van der Waals surface area contributed by atoms with Crippen molar-refractivity contribution in [2.24, 2.45) is 0 Å². The van der Waals surface area contributed by atoms with Crippen LogP contribution in [-0.2, 0) is 25.6 Å². The number of fused-ring (bicyclic) bond motifs is 1. The van der Waals surface area contributed by atoms with Crippen LogP contribution in [0.25, 0.3) is 22.5 Å². The molecule has 2 aromatic carbocycles. The number of rotatable bonds is 5. The summed E-state index contributed by atoms with van der Waals surface area (Å²) in [6.07, 6.45) is -1.55. The number of nitrogens with one attached hydrogen (secondary N) is 1. The Hall–Kier alpha value is -3.82. The fraction of sp³-hybridized carbons (Fsp3) is 0.292. The maximum absolute atomic E-state index is 13.4. The van der Waals surface area contributed by atoms with E-state index in [1.54, 1.807) is 11.9 Å². The summed E-state index contributed by atoms with van der Waals surface area (Å²) in [5.74, 6) is -0.124. The van der Waals surface area contributed by atoms with Gasteiger partial charge in [0, 0.05) is 30.4 Å². The number of hydrogen-bond donors (Lipinski definition) is 1. The number of benzene rings is 2. The zero-order chi connectivity index (χ0) is 23.7. The minimum absolute atomic E-state index is 0.365. The van der Waals surface area contributed by atoms with Crippen molar-refractivity contribution in [3.05, 3.63) is 71.2 Å². The van der Waals surface area contributed by atoms with Gasteiger partial charge in [0.2, 0.25) is 5.82 Å². The standard InChI is InChI=1S/C24H22F3N7/c1-34(22-19-8-4-5-9-20(19)28-23(29-22)24(25,26)27)14-15-10-12-16(13-11-15)17-6-2-3-7-18(17)21-30-32-33-31-21/h2-3,6-7,10-13H,4-5,8-9,14H2,1H3,(H,30,31,32,33). The fourth-order valence-electron chi connectivity index (χ4n) is 4.37. The summed E-state index contributed by atoms with van der Waals surface area (Å²) in [4.78, 5) is 9.54. The third-order valence-electron chi connectivity index (χ3n) is 5.99. The first-order valence-electron chi connectivity index (χ1n) is 11.0. The van der Waals surface area contributed by atoms with E-state index in [9.17, 15) is 13.2 Å².